The summed E-state index contributed by atoms with van der Waals surface area (Å²) >= 11 is 0. The molecule has 2 aliphatic heterocycles. The summed E-state index contributed by atoms with van der Waals surface area (Å²) in [6.45, 7) is 4.26. The van der Waals surface area contributed by atoms with E-state index in [0.717, 1.165) is 25.2 Å². The van der Waals surface area contributed by atoms with E-state index in [2.05, 4.69) is 15.0 Å². The molecule has 140 valence electrons. The van der Waals surface area contributed by atoms with E-state index < -0.39 is 0 Å². The zero-order valence-corrected chi connectivity index (χ0v) is 15.3. The number of amides is 1. The average Bonchev–Trinajstić information content (AvgIpc) is 3.34. The Balaban J connectivity index is 1.60. The molecule has 4 heterocycles. The van der Waals surface area contributed by atoms with Crippen molar-refractivity contribution in [3.63, 3.8) is 0 Å². The van der Waals surface area contributed by atoms with Crippen LogP contribution in [0.1, 0.15) is 41.2 Å². The van der Waals surface area contributed by atoms with Crippen molar-refractivity contribution in [2.75, 3.05) is 32.8 Å². The minimum absolute atomic E-state index is 0.0334. The molecule has 0 radical (unpaired) electrons. The number of nitrogens with zero attached hydrogens (tertiary/aromatic N) is 4. The van der Waals surface area contributed by atoms with Crippen LogP contribution in [0.5, 0.6) is 0 Å². The van der Waals surface area contributed by atoms with Gasteiger partial charge in [0, 0.05) is 44.3 Å². The van der Waals surface area contributed by atoms with Crippen LogP contribution in [-0.4, -0.2) is 69.4 Å². The third kappa shape index (κ3) is 3.54. The summed E-state index contributed by atoms with van der Waals surface area (Å²) < 4.78 is 7.97. The number of likely N-dealkylation sites (tertiary alicyclic amines) is 1. The summed E-state index contributed by atoms with van der Waals surface area (Å²) in [5, 5.41) is 4.33. The number of carbonyl (C=O) groups excluding carboxylic acids is 1. The van der Waals surface area contributed by atoms with Gasteiger partial charge in [0.15, 0.2) is 0 Å². The van der Waals surface area contributed by atoms with Gasteiger partial charge in [-0.3, -0.25) is 9.48 Å². The Morgan fingerprint density at radius 2 is 2.15 bits per heavy atom. The molecule has 0 spiro atoms. The highest BCUT2D eigenvalue weighted by molar-refractivity contribution is 5.94. The molecule has 1 N–H and O–H groups in total. The molecule has 0 unspecified atom stereocenters. The first kappa shape index (κ1) is 17.3. The lowest BCUT2D eigenvalue weighted by Gasteiger charge is -2.43. The molecule has 0 aromatic carbocycles. The summed E-state index contributed by atoms with van der Waals surface area (Å²) in [6.07, 6.45) is 11.2. The van der Waals surface area contributed by atoms with Gasteiger partial charge in [-0.1, -0.05) is 6.42 Å². The largest absolute Gasteiger partial charge is 0.373 e. The number of aromatic amines is 1. The molecule has 2 aromatic heterocycles. The Morgan fingerprint density at radius 3 is 2.85 bits per heavy atom. The van der Waals surface area contributed by atoms with Crippen LogP contribution in [0, 0.1) is 0 Å². The van der Waals surface area contributed by atoms with Crippen LogP contribution < -0.4 is 0 Å². The molecule has 7 nitrogen and oxygen atoms in total. The van der Waals surface area contributed by atoms with Crippen LogP contribution in [0.15, 0.2) is 30.9 Å². The van der Waals surface area contributed by atoms with Crippen LogP contribution >= 0.6 is 0 Å². The van der Waals surface area contributed by atoms with E-state index in [9.17, 15) is 4.79 Å². The van der Waals surface area contributed by atoms with Crippen molar-refractivity contribution in [3.8, 4) is 0 Å². The van der Waals surface area contributed by atoms with E-state index in [-0.39, 0.29) is 18.1 Å². The Hall–Kier alpha value is -2.12. The highest BCUT2D eigenvalue weighted by Gasteiger charge is 2.38. The van der Waals surface area contributed by atoms with Gasteiger partial charge in [0.1, 0.15) is 0 Å². The smallest absolute Gasteiger partial charge is 0.256 e. The molecule has 2 saturated heterocycles. The molecule has 2 atom stereocenters. The van der Waals surface area contributed by atoms with Gasteiger partial charge in [0.2, 0.25) is 0 Å². The van der Waals surface area contributed by atoms with E-state index in [1.807, 2.05) is 30.4 Å². The molecule has 0 saturated carbocycles. The first-order valence-electron chi connectivity index (χ1n) is 9.48. The standard InChI is InChI=1S/C19H27N5O2/c1-22-13-16(12-21-22)18-17(14-23-7-3-2-4-8-23)26-10-9-24(18)19(25)15-5-6-20-11-15/h5-6,11-13,17-18,20H,2-4,7-10,14H2,1H3/t17-,18-/m0/s1. The first-order chi connectivity index (χ1) is 12.7. The van der Waals surface area contributed by atoms with Crippen molar-refractivity contribution in [1.29, 1.82) is 0 Å². The van der Waals surface area contributed by atoms with Gasteiger partial charge in [-0.05, 0) is 32.0 Å². The normalized spacial score (nSPS) is 24.7. The summed E-state index contributed by atoms with van der Waals surface area (Å²) in [5.74, 6) is 0.0482. The van der Waals surface area contributed by atoms with Crippen molar-refractivity contribution in [2.45, 2.75) is 31.4 Å². The van der Waals surface area contributed by atoms with Gasteiger partial charge in [-0.25, -0.2) is 0 Å². The SMILES string of the molecule is Cn1cc([C@H]2[C@H](CN3CCCCC3)OCCN2C(=O)c2cc[nH]c2)cn1. The Bertz CT molecular complexity index is 720. The predicted octanol–water partition coefficient (Wildman–Crippen LogP) is 1.82. The van der Waals surface area contributed by atoms with E-state index in [0.29, 0.717) is 18.7 Å². The molecule has 0 bridgehead atoms. The molecule has 2 aromatic rings. The molecular weight excluding hydrogens is 330 g/mol. The van der Waals surface area contributed by atoms with Crippen LogP contribution in [0.4, 0.5) is 0 Å². The van der Waals surface area contributed by atoms with Crippen LogP contribution in [0.25, 0.3) is 0 Å². The Kier molecular flexibility index (Phi) is 5.08. The quantitative estimate of drug-likeness (QED) is 0.906. The van der Waals surface area contributed by atoms with Crippen LogP contribution in [0.3, 0.4) is 0 Å². The number of aromatic nitrogens is 3. The maximum atomic E-state index is 13.1. The fourth-order valence-electron chi connectivity index (χ4n) is 4.12. The van der Waals surface area contributed by atoms with E-state index in [1.165, 1.54) is 19.3 Å². The summed E-state index contributed by atoms with van der Waals surface area (Å²) in [5.41, 5.74) is 1.73. The maximum Gasteiger partial charge on any atom is 0.256 e. The number of piperidine rings is 1. The second-order valence-corrected chi connectivity index (χ2v) is 7.26. The van der Waals surface area contributed by atoms with Crippen LogP contribution in [-0.2, 0) is 11.8 Å². The van der Waals surface area contributed by atoms with Crippen molar-refractivity contribution >= 4 is 5.91 Å². The van der Waals surface area contributed by atoms with Crippen molar-refractivity contribution < 1.29 is 9.53 Å². The van der Waals surface area contributed by atoms with E-state index in [1.54, 1.807) is 17.1 Å². The third-order valence-corrected chi connectivity index (χ3v) is 5.41. The van der Waals surface area contributed by atoms with Crippen molar-refractivity contribution in [2.24, 2.45) is 7.05 Å². The number of rotatable bonds is 4. The number of aryl methyl sites for hydroxylation is 1. The first-order valence-corrected chi connectivity index (χ1v) is 9.48. The minimum Gasteiger partial charge on any atom is -0.373 e. The highest BCUT2D eigenvalue weighted by atomic mass is 16.5. The van der Waals surface area contributed by atoms with E-state index >= 15 is 0 Å². The summed E-state index contributed by atoms with van der Waals surface area (Å²) in [6, 6.07) is 1.72. The zero-order chi connectivity index (χ0) is 17.9. The summed E-state index contributed by atoms with van der Waals surface area (Å²) in [4.78, 5) is 20.5. The van der Waals surface area contributed by atoms with Gasteiger partial charge in [-0.2, -0.15) is 5.10 Å². The van der Waals surface area contributed by atoms with Gasteiger partial charge >= 0.3 is 0 Å². The van der Waals surface area contributed by atoms with E-state index in [4.69, 9.17) is 4.74 Å². The fraction of sp³-hybridized carbons (Fsp3) is 0.579. The maximum absolute atomic E-state index is 13.1. The van der Waals surface area contributed by atoms with Gasteiger partial charge < -0.3 is 19.5 Å². The lowest BCUT2D eigenvalue weighted by molar-refractivity contribution is -0.0741. The topological polar surface area (TPSA) is 66.4 Å². The van der Waals surface area contributed by atoms with Crippen LogP contribution in [0.2, 0.25) is 0 Å². The van der Waals surface area contributed by atoms with Crippen molar-refractivity contribution in [1.82, 2.24) is 24.6 Å². The summed E-state index contributed by atoms with van der Waals surface area (Å²) in [7, 11) is 1.91. The fourth-order valence-corrected chi connectivity index (χ4v) is 4.12. The Morgan fingerprint density at radius 1 is 1.31 bits per heavy atom. The molecule has 2 fully saturated rings. The van der Waals surface area contributed by atoms with Gasteiger partial charge in [-0.15, -0.1) is 0 Å². The second-order valence-electron chi connectivity index (χ2n) is 7.26. The highest BCUT2D eigenvalue weighted by Crippen LogP contribution is 2.31. The second kappa shape index (κ2) is 7.63. The molecule has 1 amide bonds. The zero-order valence-electron chi connectivity index (χ0n) is 15.3. The lowest BCUT2D eigenvalue weighted by atomic mass is 9.98. The number of H-pyrrole nitrogens is 1. The number of carbonyl (C=O) groups is 1. The molecular formula is C19H27N5O2. The average molecular weight is 357 g/mol. The van der Waals surface area contributed by atoms with Crippen molar-refractivity contribution in [3.05, 3.63) is 42.0 Å². The minimum atomic E-state index is -0.109. The monoisotopic (exact) mass is 357 g/mol. The molecule has 7 heteroatoms. The van der Waals surface area contributed by atoms with Gasteiger partial charge in [0.05, 0.1) is 30.5 Å². The van der Waals surface area contributed by atoms with Gasteiger partial charge in [0.25, 0.3) is 5.91 Å². The number of ether oxygens (including phenoxy) is 1. The number of hydrogen-bond donors (Lipinski definition) is 1. The molecule has 2 aliphatic rings. The Labute approximate surface area is 153 Å². The number of morpholine rings is 1. The number of nitrogens with one attached hydrogen (secondary N) is 1. The lowest BCUT2D eigenvalue weighted by Crippen LogP contribution is -2.52. The predicted molar refractivity (Wildman–Crippen MR) is 97.8 cm³/mol. The molecule has 0 aliphatic carbocycles. The third-order valence-electron chi connectivity index (χ3n) is 5.41. The number of hydrogen-bond acceptors (Lipinski definition) is 4. The molecule has 26 heavy (non-hydrogen) atoms. The molecule has 4 rings (SSSR count).